The molecule has 0 saturated heterocycles. The number of aromatic nitrogens is 2. The number of esters is 1. The fraction of sp³-hybridized carbons (Fsp3) is 0.286. The number of anilines is 1. The molecule has 6 nitrogen and oxygen atoms in total. The molecule has 0 aliphatic heterocycles. The Balaban J connectivity index is 2.00. The predicted octanol–water partition coefficient (Wildman–Crippen LogP) is 1.76. The fourth-order valence-electron chi connectivity index (χ4n) is 1.74. The summed E-state index contributed by atoms with van der Waals surface area (Å²) in [6.07, 6.45) is 3.44. The molecule has 0 fully saturated rings. The van der Waals surface area contributed by atoms with Crippen molar-refractivity contribution in [3.05, 3.63) is 41.7 Å². The first-order valence-electron chi connectivity index (χ1n) is 6.27. The van der Waals surface area contributed by atoms with Crippen molar-refractivity contribution in [1.29, 1.82) is 0 Å². The van der Waals surface area contributed by atoms with Gasteiger partial charge in [-0.25, -0.2) is 4.79 Å². The summed E-state index contributed by atoms with van der Waals surface area (Å²) >= 11 is 0. The molecule has 0 bridgehead atoms. The van der Waals surface area contributed by atoms with Crippen LogP contribution in [0.5, 0.6) is 5.75 Å². The third-order valence-electron chi connectivity index (χ3n) is 2.67. The maximum Gasteiger partial charge on any atom is 0.338 e. The maximum absolute atomic E-state index is 11.9. The third kappa shape index (κ3) is 3.28. The molecule has 20 heavy (non-hydrogen) atoms. The molecule has 0 atom stereocenters. The molecule has 106 valence electrons. The highest BCUT2D eigenvalue weighted by Crippen LogP contribution is 2.23. The molecule has 2 aromatic rings. The quantitative estimate of drug-likeness (QED) is 0.664. The highest BCUT2D eigenvalue weighted by molar-refractivity contribution is 5.91. The molecule has 0 amide bonds. The smallest absolute Gasteiger partial charge is 0.338 e. The Morgan fingerprint density at radius 2 is 2.25 bits per heavy atom. The average Bonchev–Trinajstić information content (AvgIpc) is 2.84. The lowest BCUT2D eigenvalue weighted by molar-refractivity contribution is 0.0472. The standard InChI is InChI=1S/C14H17N3O3/c1-3-19-13-5-4-11(6-12(13)15)14(18)20-9-10-7-16-17(2)8-10/h4-8H,3,9,15H2,1-2H3. The molecule has 0 radical (unpaired) electrons. The monoisotopic (exact) mass is 275 g/mol. The van der Waals surface area contributed by atoms with Gasteiger partial charge < -0.3 is 15.2 Å². The first kappa shape index (κ1) is 13.9. The van der Waals surface area contributed by atoms with Gasteiger partial charge in [-0.1, -0.05) is 0 Å². The fourth-order valence-corrected chi connectivity index (χ4v) is 1.74. The summed E-state index contributed by atoms with van der Waals surface area (Å²) in [6.45, 7) is 2.57. The number of nitrogens with two attached hydrogens (primary N) is 1. The minimum absolute atomic E-state index is 0.180. The summed E-state index contributed by atoms with van der Waals surface area (Å²) < 4.78 is 12.2. The van der Waals surface area contributed by atoms with Crippen molar-refractivity contribution in [3.63, 3.8) is 0 Å². The zero-order valence-corrected chi connectivity index (χ0v) is 11.5. The molecular weight excluding hydrogens is 258 g/mol. The Labute approximate surface area is 117 Å². The van der Waals surface area contributed by atoms with Gasteiger partial charge in [0, 0.05) is 18.8 Å². The average molecular weight is 275 g/mol. The van der Waals surface area contributed by atoms with Crippen LogP contribution in [-0.2, 0) is 18.4 Å². The van der Waals surface area contributed by atoms with Crippen LogP contribution in [0.2, 0.25) is 0 Å². The SMILES string of the molecule is CCOc1ccc(C(=O)OCc2cnn(C)c2)cc1N. The molecule has 0 aliphatic rings. The second-order valence-electron chi connectivity index (χ2n) is 4.28. The number of benzene rings is 1. The lowest BCUT2D eigenvalue weighted by Crippen LogP contribution is -2.06. The Morgan fingerprint density at radius 3 is 2.85 bits per heavy atom. The number of aryl methyl sites for hydroxylation is 1. The van der Waals surface area contributed by atoms with Gasteiger partial charge in [-0.2, -0.15) is 5.10 Å². The van der Waals surface area contributed by atoms with Gasteiger partial charge in [-0.3, -0.25) is 4.68 Å². The first-order valence-corrected chi connectivity index (χ1v) is 6.27. The second kappa shape index (κ2) is 6.10. The summed E-state index contributed by atoms with van der Waals surface area (Å²) in [7, 11) is 1.80. The van der Waals surface area contributed by atoms with Crippen molar-refractivity contribution in [1.82, 2.24) is 9.78 Å². The summed E-state index contributed by atoms with van der Waals surface area (Å²) in [4.78, 5) is 11.9. The van der Waals surface area contributed by atoms with Crippen molar-refractivity contribution >= 4 is 11.7 Å². The van der Waals surface area contributed by atoms with Crippen molar-refractivity contribution in [2.45, 2.75) is 13.5 Å². The largest absolute Gasteiger partial charge is 0.492 e. The van der Waals surface area contributed by atoms with Gasteiger partial charge in [0.25, 0.3) is 0 Å². The van der Waals surface area contributed by atoms with Crippen LogP contribution in [0.15, 0.2) is 30.6 Å². The van der Waals surface area contributed by atoms with E-state index < -0.39 is 5.97 Å². The van der Waals surface area contributed by atoms with E-state index in [1.807, 2.05) is 6.92 Å². The normalized spacial score (nSPS) is 10.3. The highest BCUT2D eigenvalue weighted by Gasteiger charge is 2.10. The Hall–Kier alpha value is -2.50. The molecule has 0 saturated carbocycles. The Morgan fingerprint density at radius 1 is 1.45 bits per heavy atom. The van der Waals surface area contributed by atoms with E-state index in [4.69, 9.17) is 15.2 Å². The number of ether oxygens (including phenoxy) is 2. The van der Waals surface area contributed by atoms with E-state index in [9.17, 15) is 4.79 Å². The van der Waals surface area contributed by atoms with Gasteiger partial charge in [0.2, 0.25) is 0 Å². The maximum atomic E-state index is 11.9. The van der Waals surface area contributed by atoms with E-state index in [1.54, 1.807) is 42.3 Å². The highest BCUT2D eigenvalue weighted by atomic mass is 16.5. The summed E-state index contributed by atoms with van der Waals surface area (Å²) in [5, 5.41) is 4.00. The van der Waals surface area contributed by atoms with Gasteiger partial charge in [-0.15, -0.1) is 0 Å². The van der Waals surface area contributed by atoms with Crippen LogP contribution in [0.4, 0.5) is 5.69 Å². The Kier molecular flexibility index (Phi) is 4.24. The van der Waals surface area contributed by atoms with Crippen molar-refractivity contribution in [2.24, 2.45) is 7.05 Å². The number of carbonyl (C=O) groups excluding carboxylic acids is 1. The zero-order chi connectivity index (χ0) is 14.5. The van der Waals surface area contributed by atoms with Gasteiger partial charge in [0.15, 0.2) is 0 Å². The van der Waals surface area contributed by atoms with Gasteiger partial charge in [0.1, 0.15) is 12.4 Å². The summed E-state index contributed by atoms with van der Waals surface area (Å²) in [5.41, 5.74) is 7.46. The lowest BCUT2D eigenvalue weighted by Gasteiger charge is -2.08. The van der Waals surface area contributed by atoms with E-state index in [1.165, 1.54) is 0 Å². The Bertz CT molecular complexity index is 607. The van der Waals surface area contributed by atoms with Crippen LogP contribution in [0.25, 0.3) is 0 Å². The van der Waals surface area contributed by atoms with Crippen LogP contribution < -0.4 is 10.5 Å². The number of nitrogen functional groups attached to an aromatic ring is 1. The van der Waals surface area contributed by atoms with Crippen LogP contribution in [0.3, 0.4) is 0 Å². The minimum Gasteiger partial charge on any atom is -0.492 e. The van der Waals surface area contributed by atoms with E-state index in [2.05, 4.69) is 5.10 Å². The first-order chi connectivity index (χ1) is 9.60. The topological polar surface area (TPSA) is 79.4 Å². The molecule has 0 spiro atoms. The van der Waals surface area contributed by atoms with E-state index in [-0.39, 0.29) is 6.61 Å². The van der Waals surface area contributed by atoms with Crippen LogP contribution in [0, 0.1) is 0 Å². The molecule has 2 rings (SSSR count). The number of hydrogen-bond acceptors (Lipinski definition) is 5. The number of carbonyl (C=O) groups is 1. The number of hydrogen-bond donors (Lipinski definition) is 1. The minimum atomic E-state index is -0.427. The molecule has 0 aliphatic carbocycles. The van der Waals surface area contributed by atoms with Crippen LogP contribution in [0.1, 0.15) is 22.8 Å². The lowest BCUT2D eigenvalue weighted by atomic mass is 10.2. The van der Waals surface area contributed by atoms with Crippen molar-refractivity contribution in [2.75, 3.05) is 12.3 Å². The third-order valence-corrected chi connectivity index (χ3v) is 2.67. The van der Waals surface area contributed by atoms with Gasteiger partial charge in [0.05, 0.1) is 24.1 Å². The van der Waals surface area contributed by atoms with Gasteiger partial charge >= 0.3 is 5.97 Å². The van der Waals surface area contributed by atoms with Crippen molar-refractivity contribution < 1.29 is 14.3 Å². The van der Waals surface area contributed by atoms with E-state index in [0.29, 0.717) is 23.6 Å². The summed E-state index contributed by atoms with van der Waals surface area (Å²) in [5.74, 6) is 0.139. The molecular formula is C14H17N3O3. The van der Waals surface area contributed by atoms with Crippen LogP contribution >= 0.6 is 0 Å². The number of rotatable bonds is 5. The summed E-state index contributed by atoms with van der Waals surface area (Å²) in [6, 6.07) is 4.85. The van der Waals surface area contributed by atoms with E-state index in [0.717, 1.165) is 5.56 Å². The zero-order valence-electron chi connectivity index (χ0n) is 11.5. The molecule has 1 aromatic carbocycles. The molecule has 1 aromatic heterocycles. The molecule has 1 heterocycles. The van der Waals surface area contributed by atoms with Crippen LogP contribution in [-0.4, -0.2) is 22.4 Å². The van der Waals surface area contributed by atoms with E-state index >= 15 is 0 Å². The molecule has 0 unspecified atom stereocenters. The second-order valence-corrected chi connectivity index (χ2v) is 4.28. The van der Waals surface area contributed by atoms with Gasteiger partial charge in [-0.05, 0) is 25.1 Å². The molecule has 2 N–H and O–H groups in total. The van der Waals surface area contributed by atoms with Crippen molar-refractivity contribution in [3.8, 4) is 5.75 Å². The molecule has 6 heteroatoms. The number of nitrogens with zero attached hydrogens (tertiary/aromatic N) is 2. The predicted molar refractivity (Wildman–Crippen MR) is 74.4 cm³/mol.